The summed E-state index contributed by atoms with van der Waals surface area (Å²) in [5.41, 5.74) is 0.831. The van der Waals surface area contributed by atoms with E-state index in [0.717, 1.165) is 5.54 Å². The van der Waals surface area contributed by atoms with Crippen LogP contribution in [0.25, 0.3) is 0 Å². The molecule has 3 N–H and O–H groups in total. The van der Waals surface area contributed by atoms with Crippen molar-refractivity contribution in [3.05, 3.63) is 0 Å². The molecule has 1 aliphatic carbocycles. The zero-order chi connectivity index (χ0) is 7.61. The van der Waals surface area contributed by atoms with E-state index in [1.165, 1.54) is 25.7 Å². The number of nitrogens with two attached hydrogens (primary N) is 1. The van der Waals surface area contributed by atoms with Crippen molar-refractivity contribution < 1.29 is 0 Å². The molecule has 1 saturated carbocycles. The predicted octanol–water partition coefficient (Wildman–Crippen LogP) is 1.18. The summed E-state index contributed by atoms with van der Waals surface area (Å²) in [5.74, 6) is 0. The molecule has 0 heterocycles. The molecular weight excluding hydrogens is 140 g/mol. The molecule has 1 unspecified atom stereocenters. The van der Waals surface area contributed by atoms with Crippen molar-refractivity contribution in [3.8, 4) is 0 Å². The minimum Gasteiger partial charge on any atom is -0.339 e. The predicted molar refractivity (Wildman–Crippen MR) is 47.1 cm³/mol. The first-order chi connectivity index (χ1) is 4.67. The van der Waals surface area contributed by atoms with E-state index < -0.39 is 8.40 Å². The van der Waals surface area contributed by atoms with Crippen molar-refractivity contribution >= 4 is 8.40 Å². The Morgan fingerprint density at radius 1 is 1.40 bits per heavy atom. The van der Waals surface area contributed by atoms with E-state index in [1.807, 2.05) is 7.05 Å². The first-order valence-electron chi connectivity index (χ1n) is 4.14. The molecule has 0 aromatic carbocycles. The number of hydrogen-bond acceptors (Lipinski definition) is 2. The smallest absolute Gasteiger partial charge is 0.198 e. The van der Waals surface area contributed by atoms with Crippen LogP contribution in [0.1, 0.15) is 25.7 Å². The Morgan fingerprint density at radius 2 is 1.90 bits per heavy atom. The third kappa shape index (κ3) is 1.59. The molecule has 2 nitrogen and oxygen atoms in total. The van der Waals surface area contributed by atoms with Crippen molar-refractivity contribution in [2.24, 2.45) is 5.40 Å². The summed E-state index contributed by atoms with van der Waals surface area (Å²) in [6.07, 6.45) is 5.51. The maximum atomic E-state index is 6.15. The van der Waals surface area contributed by atoms with Crippen LogP contribution in [0.2, 0.25) is 12.1 Å². The van der Waals surface area contributed by atoms with Crippen molar-refractivity contribution in [1.82, 2.24) is 4.98 Å². The van der Waals surface area contributed by atoms with Crippen molar-refractivity contribution in [1.29, 1.82) is 0 Å². The molecule has 60 valence electrons. The lowest BCUT2D eigenvalue weighted by Crippen LogP contribution is -2.58. The van der Waals surface area contributed by atoms with Crippen LogP contribution in [0.3, 0.4) is 0 Å². The van der Waals surface area contributed by atoms with Gasteiger partial charge < -0.3 is 10.4 Å². The topological polar surface area (TPSA) is 38.0 Å². The third-order valence-corrected chi connectivity index (χ3v) is 6.09. The second-order valence-corrected chi connectivity index (χ2v) is 7.40. The van der Waals surface area contributed by atoms with Gasteiger partial charge in [-0.05, 0) is 19.1 Å². The zero-order valence-corrected chi connectivity index (χ0v) is 7.98. The monoisotopic (exact) mass is 158 g/mol. The Hall–Kier alpha value is 0.137. The van der Waals surface area contributed by atoms with E-state index in [9.17, 15) is 0 Å². The van der Waals surface area contributed by atoms with Gasteiger partial charge >= 0.3 is 0 Å². The summed E-state index contributed by atoms with van der Waals surface area (Å²) >= 11 is 0. The molecule has 1 atom stereocenters. The highest BCUT2D eigenvalue weighted by atomic mass is 28.3. The minimum atomic E-state index is -1.49. The van der Waals surface area contributed by atoms with Crippen LogP contribution in [-0.2, 0) is 0 Å². The van der Waals surface area contributed by atoms with Crippen LogP contribution in [0.4, 0.5) is 0 Å². The lowest BCUT2D eigenvalue weighted by molar-refractivity contribution is 0.803. The van der Waals surface area contributed by atoms with Gasteiger partial charge in [-0.3, -0.25) is 0 Å². The van der Waals surface area contributed by atoms with Crippen LogP contribution >= 0.6 is 0 Å². The second kappa shape index (κ2) is 3.03. The Bertz CT molecular complexity index is 108. The first kappa shape index (κ1) is 8.24. The summed E-state index contributed by atoms with van der Waals surface area (Å²) in [7, 11) is 0.510. The quantitative estimate of drug-likeness (QED) is 0.592. The molecule has 0 radical (unpaired) electrons. The Kier molecular flexibility index (Phi) is 2.49. The van der Waals surface area contributed by atoms with Crippen molar-refractivity contribution in [2.45, 2.75) is 37.8 Å². The van der Waals surface area contributed by atoms with E-state index in [4.69, 9.17) is 5.40 Å². The number of hydrogen-bond donors (Lipinski definition) is 2. The maximum absolute atomic E-state index is 6.15. The standard InChI is InChI=1S/C7H18N2Si/c1-9-10(2,8)7-5-3-4-6-7/h7,9H,3-6,8H2,1-2H3. The Labute approximate surface area is 64.4 Å². The van der Waals surface area contributed by atoms with Gasteiger partial charge in [0.05, 0.1) is 0 Å². The van der Waals surface area contributed by atoms with Crippen LogP contribution < -0.4 is 10.4 Å². The van der Waals surface area contributed by atoms with Gasteiger partial charge in [0.25, 0.3) is 0 Å². The third-order valence-electron chi connectivity index (χ3n) is 2.74. The minimum absolute atomic E-state index is 0.831. The van der Waals surface area contributed by atoms with Crippen LogP contribution in [-0.4, -0.2) is 15.4 Å². The van der Waals surface area contributed by atoms with Gasteiger partial charge in [0.15, 0.2) is 8.40 Å². The molecule has 0 aromatic heterocycles. The Balaban J connectivity index is 2.45. The van der Waals surface area contributed by atoms with Gasteiger partial charge in [-0.2, -0.15) is 0 Å². The summed E-state index contributed by atoms with van der Waals surface area (Å²) in [5, 5.41) is 6.15. The highest BCUT2D eigenvalue weighted by Crippen LogP contribution is 2.34. The van der Waals surface area contributed by atoms with E-state index >= 15 is 0 Å². The van der Waals surface area contributed by atoms with Crippen LogP contribution in [0.15, 0.2) is 0 Å². The molecule has 3 heteroatoms. The second-order valence-electron chi connectivity index (χ2n) is 3.51. The van der Waals surface area contributed by atoms with Crippen molar-refractivity contribution in [2.75, 3.05) is 7.05 Å². The van der Waals surface area contributed by atoms with Crippen LogP contribution in [0.5, 0.6) is 0 Å². The highest BCUT2D eigenvalue weighted by molar-refractivity contribution is 6.74. The Morgan fingerprint density at radius 3 is 2.30 bits per heavy atom. The maximum Gasteiger partial charge on any atom is 0.198 e. The largest absolute Gasteiger partial charge is 0.339 e. The van der Waals surface area contributed by atoms with Crippen molar-refractivity contribution in [3.63, 3.8) is 0 Å². The molecule has 1 fully saturated rings. The van der Waals surface area contributed by atoms with Crippen LogP contribution in [0, 0.1) is 0 Å². The summed E-state index contributed by atoms with van der Waals surface area (Å²) in [6.45, 7) is 2.23. The summed E-state index contributed by atoms with van der Waals surface area (Å²) < 4.78 is 0. The molecule has 0 bridgehead atoms. The molecule has 0 aromatic rings. The molecule has 0 aliphatic heterocycles. The average molecular weight is 158 g/mol. The highest BCUT2D eigenvalue weighted by Gasteiger charge is 2.33. The van der Waals surface area contributed by atoms with Gasteiger partial charge in [-0.15, -0.1) is 0 Å². The normalized spacial score (nSPS) is 26.7. The fourth-order valence-corrected chi connectivity index (χ4v) is 3.75. The molecule has 0 saturated heterocycles. The van der Waals surface area contributed by atoms with Gasteiger partial charge in [0.2, 0.25) is 0 Å². The fourth-order valence-electron chi connectivity index (χ4n) is 1.73. The molecule has 0 spiro atoms. The molecular formula is C7H18N2Si. The first-order valence-corrected chi connectivity index (χ1v) is 6.80. The van der Waals surface area contributed by atoms with E-state index in [1.54, 1.807) is 0 Å². The van der Waals surface area contributed by atoms with E-state index in [2.05, 4.69) is 11.5 Å². The molecule has 0 amide bonds. The summed E-state index contributed by atoms with van der Waals surface area (Å²) in [4.78, 5) is 3.30. The number of rotatable bonds is 2. The van der Waals surface area contributed by atoms with E-state index in [-0.39, 0.29) is 0 Å². The van der Waals surface area contributed by atoms with Gasteiger partial charge in [0.1, 0.15) is 0 Å². The number of nitrogens with one attached hydrogen (secondary N) is 1. The van der Waals surface area contributed by atoms with Gasteiger partial charge in [0, 0.05) is 0 Å². The lowest BCUT2D eigenvalue weighted by atomic mass is 10.4. The molecule has 10 heavy (non-hydrogen) atoms. The summed E-state index contributed by atoms with van der Waals surface area (Å²) in [6, 6.07) is 0. The SMILES string of the molecule is CN[Si](C)(N)C1CCCC1. The lowest BCUT2D eigenvalue weighted by Gasteiger charge is -2.27. The van der Waals surface area contributed by atoms with Gasteiger partial charge in [-0.1, -0.05) is 25.7 Å². The van der Waals surface area contributed by atoms with Gasteiger partial charge in [-0.25, -0.2) is 0 Å². The zero-order valence-electron chi connectivity index (χ0n) is 6.98. The fraction of sp³-hybridized carbons (Fsp3) is 1.00. The average Bonchev–Trinajstić information content (AvgIpc) is 2.38. The molecule has 1 rings (SSSR count). The molecule has 1 aliphatic rings. The van der Waals surface area contributed by atoms with E-state index in [0.29, 0.717) is 0 Å².